The molecule has 7 aromatic carbocycles. The minimum atomic E-state index is 0.0607. The lowest BCUT2D eigenvalue weighted by Gasteiger charge is -2.36. The average molecular weight is 749 g/mol. The Morgan fingerprint density at radius 1 is 0.448 bits per heavy atom. The van der Waals surface area contributed by atoms with Gasteiger partial charge in [0.05, 0.1) is 22.4 Å². The molecule has 0 saturated heterocycles. The molecule has 0 atom stereocenters. The first-order valence-electron chi connectivity index (χ1n) is 20.6. The molecule has 4 nitrogen and oxygen atoms in total. The van der Waals surface area contributed by atoms with Crippen LogP contribution in [-0.2, 0) is 0 Å². The van der Waals surface area contributed by atoms with Gasteiger partial charge in [0.2, 0.25) is 0 Å². The highest BCUT2D eigenvalue weighted by Gasteiger charge is 2.42. The Morgan fingerprint density at radius 2 is 0.793 bits per heavy atom. The highest BCUT2D eigenvalue weighted by Crippen LogP contribution is 2.46. The topological polar surface area (TPSA) is 16.3 Å². The predicted octanol–water partition coefficient (Wildman–Crippen LogP) is 12.0. The molecular formula is C53H45BN4. The minimum Gasteiger partial charge on any atom is -0.314 e. The Balaban J connectivity index is 1.24. The van der Waals surface area contributed by atoms with Gasteiger partial charge >= 0.3 is 0 Å². The van der Waals surface area contributed by atoms with Crippen molar-refractivity contribution in [3.8, 4) is 11.4 Å². The van der Waals surface area contributed by atoms with Crippen LogP contribution in [0.3, 0.4) is 0 Å². The molecule has 0 amide bonds. The molecule has 0 spiro atoms. The third kappa shape index (κ3) is 4.77. The second kappa shape index (κ2) is 12.9. The van der Waals surface area contributed by atoms with Gasteiger partial charge in [-0.3, -0.25) is 0 Å². The van der Waals surface area contributed by atoms with Gasteiger partial charge in [0, 0.05) is 56.3 Å². The summed E-state index contributed by atoms with van der Waals surface area (Å²) in [5.41, 5.74) is 22.9. The van der Waals surface area contributed by atoms with E-state index in [4.69, 9.17) is 0 Å². The van der Waals surface area contributed by atoms with E-state index in [1.165, 1.54) is 89.0 Å². The largest absolute Gasteiger partial charge is 0.314 e. The van der Waals surface area contributed by atoms with Gasteiger partial charge in [-0.1, -0.05) is 98.8 Å². The summed E-state index contributed by atoms with van der Waals surface area (Å²) in [6.07, 6.45) is 0. The summed E-state index contributed by atoms with van der Waals surface area (Å²) < 4.78 is 5.21. The Labute approximate surface area is 341 Å². The third-order valence-corrected chi connectivity index (χ3v) is 13.1. The summed E-state index contributed by atoms with van der Waals surface area (Å²) in [7, 11) is 0. The molecule has 11 rings (SSSR count). The summed E-state index contributed by atoms with van der Waals surface area (Å²) in [6.45, 7) is 14.0. The number of nitrogens with zero attached hydrogens (tertiary/aromatic N) is 4. The van der Waals surface area contributed by atoms with E-state index in [2.05, 4.69) is 218 Å². The molecule has 2 aliphatic rings. The number of anilines is 6. The van der Waals surface area contributed by atoms with Crippen LogP contribution in [-0.4, -0.2) is 15.8 Å². The van der Waals surface area contributed by atoms with Crippen LogP contribution in [0.4, 0.5) is 34.1 Å². The summed E-state index contributed by atoms with van der Waals surface area (Å²) in [5, 5.41) is 2.62. The van der Waals surface area contributed by atoms with Gasteiger partial charge in [-0.25, -0.2) is 0 Å². The van der Waals surface area contributed by atoms with Crippen LogP contribution in [0.2, 0.25) is 0 Å². The van der Waals surface area contributed by atoms with Crippen molar-refractivity contribution in [2.24, 2.45) is 0 Å². The lowest BCUT2D eigenvalue weighted by molar-refractivity contribution is 0.859. The smallest absolute Gasteiger partial charge is 0.252 e. The number of fused-ring (bicyclic) bond motifs is 4. The maximum absolute atomic E-state index is 2.60. The first-order valence-corrected chi connectivity index (χ1v) is 20.6. The van der Waals surface area contributed by atoms with Crippen LogP contribution >= 0.6 is 0 Å². The standard InChI is InChI=1S/C53H45BN4/c1-33(2)38-31-47-51-48(32-38)56-37(6)35(4)50-46(58(41-23-15-9-16-24-41)42-25-17-10-18-26-42)30-28-44(53(50)56)54(51)43-27-29-45(49-34(3)36(5)55(47)52(43)49)57(39-19-11-7-12-20-39)40-21-13-8-14-22-40/h7-33H,1-6H3. The number of hydrogen-bond donors (Lipinski definition) is 0. The monoisotopic (exact) mass is 748 g/mol. The lowest BCUT2D eigenvalue weighted by Crippen LogP contribution is -2.59. The van der Waals surface area contributed by atoms with E-state index >= 15 is 0 Å². The molecule has 0 fully saturated rings. The molecule has 0 bridgehead atoms. The second-order valence-electron chi connectivity index (χ2n) is 16.5. The van der Waals surface area contributed by atoms with Crippen molar-refractivity contribution < 1.29 is 0 Å². The molecule has 9 aromatic rings. The fourth-order valence-corrected chi connectivity index (χ4v) is 10.2. The number of hydrogen-bond acceptors (Lipinski definition) is 2. The summed E-state index contributed by atoms with van der Waals surface area (Å²) in [5.74, 6) is 0.360. The van der Waals surface area contributed by atoms with E-state index in [0.29, 0.717) is 5.92 Å². The summed E-state index contributed by atoms with van der Waals surface area (Å²) in [6, 6.07) is 58.0. The van der Waals surface area contributed by atoms with Crippen molar-refractivity contribution in [2.75, 3.05) is 9.80 Å². The molecule has 280 valence electrons. The van der Waals surface area contributed by atoms with Gasteiger partial charge in [0.25, 0.3) is 6.71 Å². The van der Waals surface area contributed by atoms with Gasteiger partial charge in [0.1, 0.15) is 0 Å². The van der Waals surface area contributed by atoms with Crippen molar-refractivity contribution in [2.45, 2.75) is 47.5 Å². The summed E-state index contributed by atoms with van der Waals surface area (Å²) >= 11 is 0. The van der Waals surface area contributed by atoms with Crippen LogP contribution < -0.4 is 26.2 Å². The molecule has 0 saturated carbocycles. The number of rotatable bonds is 7. The van der Waals surface area contributed by atoms with E-state index in [-0.39, 0.29) is 6.71 Å². The second-order valence-corrected chi connectivity index (χ2v) is 16.5. The molecular weight excluding hydrogens is 703 g/mol. The van der Waals surface area contributed by atoms with Gasteiger partial charge in [-0.05, 0) is 139 Å². The Kier molecular flexibility index (Phi) is 7.68. The Morgan fingerprint density at radius 3 is 1.12 bits per heavy atom. The molecule has 0 N–H and O–H groups in total. The van der Waals surface area contributed by atoms with Crippen LogP contribution in [0.15, 0.2) is 158 Å². The van der Waals surface area contributed by atoms with Crippen molar-refractivity contribution >= 4 is 79.0 Å². The van der Waals surface area contributed by atoms with Crippen molar-refractivity contribution in [1.29, 1.82) is 0 Å². The zero-order valence-corrected chi connectivity index (χ0v) is 34.0. The SMILES string of the molecule is Cc1c(C)n2c3c(ccc(N(c4ccccc4)c4ccccc4)c13)B1c3c-2cc(C(C)C)cc3-n2c(C)c(C)c3c(N(c4ccccc4)c4ccccc4)ccc1c32. The van der Waals surface area contributed by atoms with Crippen molar-refractivity contribution in [3.05, 3.63) is 186 Å². The van der Waals surface area contributed by atoms with E-state index in [9.17, 15) is 0 Å². The van der Waals surface area contributed by atoms with Gasteiger partial charge in [0.15, 0.2) is 0 Å². The summed E-state index contributed by atoms with van der Waals surface area (Å²) in [4.78, 5) is 4.88. The lowest BCUT2D eigenvalue weighted by atomic mass is 9.34. The van der Waals surface area contributed by atoms with E-state index < -0.39 is 0 Å². The maximum Gasteiger partial charge on any atom is 0.252 e. The zero-order chi connectivity index (χ0) is 39.4. The van der Waals surface area contributed by atoms with E-state index in [1.54, 1.807) is 0 Å². The zero-order valence-electron chi connectivity index (χ0n) is 34.0. The molecule has 5 heteroatoms. The maximum atomic E-state index is 2.60. The van der Waals surface area contributed by atoms with Gasteiger partial charge in [-0.15, -0.1) is 0 Å². The molecule has 0 aliphatic carbocycles. The fraction of sp³-hybridized carbons (Fsp3) is 0.132. The molecule has 2 aromatic heterocycles. The molecule has 0 radical (unpaired) electrons. The number of para-hydroxylation sites is 4. The fourth-order valence-electron chi connectivity index (χ4n) is 10.2. The molecule has 4 heterocycles. The van der Waals surface area contributed by atoms with E-state index in [0.717, 1.165) is 22.7 Å². The van der Waals surface area contributed by atoms with Gasteiger partial charge in [-0.2, -0.15) is 0 Å². The quantitative estimate of drug-likeness (QED) is 0.151. The van der Waals surface area contributed by atoms with Crippen molar-refractivity contribution in [3.63, 3.8) is 0 Å². The Bertz CT molecular complexity index is 2790. The van der Waals surface area contributed by atoms with Crippen LogP contribution in [0.5, 0.6) is 0 Å². The highest BCUT2D eigenvalue weighted by atomic mass is 15.2. The first-order chi connectivity index (χ1) is 28.3. The highest BCUT2D eigenvalue weighted by molar-refractivity contribution is 7.00. The van der Waals surface area contributed by atoms with Crippen LogP contribution in [0.1, 0.15) is 47.8 Å². The molecule has 2 aliphatic heterocycles. The van der Waals surface area contributed by atoms with E-state index in [1.807, 2.05) is 0 Å². The molecule has 0 unspecified atom stereocenters. The number of aromatic nitrogens is 2. The third-order valence-electron chi connectivity index (χ3n) is 13.1. The minimum absolute atomic E-state index is 0.0607. The Hall–Kier alpha value is -6.72. The number of aryl methyl sites for hydroxylation is 2. The normalized spacial score (nSPS) is 12.4. The van der Waals surface area contributed by atoms with Crippen molar-refractivity contribution in [1.82, 2.24) is 9.13 Å². The first kappa shape index (κ1) is 34.5. The number of benzene rings is 7. The van der Waals surface area contributed by atoms with Crippen LogP contribution in [0.25, 0.3) is 33.2 Å². The molecule has 58 heavy (non-hydrogen) atoms. The average Bonchev–Trinajstić information content (AvgIpc) is 3.69. The van der Waals surface area contributed by atoms with Gasteiger partial charge < -0.3 is 18.9 Å². The predicted molar refractivity (Wildman–Crippen MR) is 247 cm³/mol. The van der Waals surface area contributed by atoms with Crippen LogP contribution in [0, 0.1) is 27.7 Å².